The second-order valence-corrected chi connectivity index (χ2v) is 13.5. The van der Waals surface area contributed by atoms with Gasteiger partial charge in [-0.25, -0.2) is 0 Å². The molecule has 0 unspecified atom stereocenters. The van der Waals surface area contributed by atoms with E-state index in [0.717, 1.165) is 4.88 Å². The molecule has 0 radical (unpaired) electrons. The molecule has 0 aliphatic heterocycles. The second kappa shape index (κ2) is 17.5. The van der Waals surface area contributed by atoms with Crippen molar-refractivity contribution in [2.45, 2.75) is 161 Å². The van der Waals surface area contributed by atoms with Gasteiger partial charge in [-0.15, -0.1) is 22.7 Å². The molecule has 3 heteroatoms. The summed E-state index contributed by atoms with van der Waals surface area (Å²) >= 11 is 3.64. The van der Waals surface area contributed by atoms with Gasteiger partial charge in [-0.3, -0.25) is 0 Å². The third kappa shape index (κ3) is 8.96. The summed E-state index contributed by atoms with van der Waals surface area (Å²) in [6, 6.07) is 7.14. The molecule has 1 aliphatic rings. The summed E-state index contributed by atoms with van der Waals surface area (Å²) in [4.78, 5) is 3.79. The van der Waals surface area contributed by atoms with E-state index in [1.165, 1.54) is 157 Å². The minimum atomic E-state index is 0.163. The zero-order valence-electron chi connectivity index (χ0n) is 24.1. The number of hydrogen-bond acceptors (Lipinski definition) is 3. The minimum absolute atomic E-state index is 0.163. The van der Waals surface area contributed by atoms with Crippen LogP contribution >= 0.6 is 22.7 Å². The van der Waals surface area contributed by atoms with Crippen LogP contribution in [-0.4, -0.2) is 0 Å². The fourth-order valence-corrected chi connectivity index (χ4v) is 8.70. The van der Waals surface area contributed by atoms with Gasteiger partial charge in [-0.1, -0.05) is 142 Å². The fourth-order valence-electron chi connectivity index (χ4n) is 6.47. The second-order valence-electron chi connectivity index (χ2n) is 11.6. The van der Waals surface area contributed by atoms with E-state index in [2.05, 4.69) is 37.4 Å². The summed E-state index contributed by atoms with van der Waals surface area (Å²) in [6.45, 7) is 4.60. The lowest BCUT2D eigenvalue weighted by atomic mass is 9.71. The van der Waals surface area contributed by atoms with E-state index in [1.54, 1.807) is 16.9 Å². The molecule has 37 heavy (non-hydrogen) atoms. The van der Waals surface area contributed by atoms with Gasteiger partial charge in [-0.2, -0.15) is 5.26 Å². The van der Waals surface area contributed by atoms with Crippen LogP contribution in [0.3, 0.4) is 0 Å². The highest BCUT2D eigenvalue weighted by molar-refractivity contribution is 7.22. The van der Waals surface area contributed by atoms with Crippen molar-refractivity contribution in [1.82, 2.24) is 0 Å². The molecule has 1 aliphatic carbocycles. The third-order valence-electron chi connectivity index (χ3n) is 8.66. The monoisotopic (exact) mass is 539 g/mol. The average molecular weight is 540 g/mol. The van der Waals surface area contributed by atoms with Crippen LogP contribution in [0, 0.1) is 11.3 Å². The highest BCUT2D eigenvalue weighted by atomic mass is 32.1. The highest BCUT2D eigenvalue weighted by Gasteiger charge is 2.44. The zero-order chi connectivity index (χ0) is 26.2. The lowest BCUT2D eigenvalue weighted by Crippen LogP contribution is -2.24. The van der Waals surface area contributed by atoms with E-state index in [9.17, 15) is 5.26 Å². The van der Waals surface area contributed by atoms with Gasteiger partial charge in [0.1, 0.15) is 10.9 Å². The Hall–Kier alpha value is -1.11. The van der Waals surface area contributed by atoms with Gasteiger partial charge in [-0.05, 0) is 41.5 Å². The van der Waals surface area contributed by atoms with Crippen molar-refractivity contribution in [1.29, 1.82) is 5.26 Å². The first-order chi connectivity index (χ1) is 18.3. The topological polar surface area (TPSA) is 23.8 Å². The molecule has 0 bridgehead atoms. The van der Waals surface area contributed by atoms with Crippen molar-refractivity contribution in [3.8, 4) is 15.8 Å². The Labute approximate surface area is 237 Å². The predicted molar refractivity (Wildman–Crippen MR) is 166 cm³/mol. The van der Waals surface area contributed by atoms with E-state index in [-0.39, 0.29) is 5.41 Å². The lowest BCUT2D eigenvalue weighted by molar-refractivity contribution is 0.397. The van der Waals surface area contributed by atoms with Gasteiger partial charge in [0.15, 0.2) is 0 Å². The summed E-state index contributed by atoms with van der Waals surface area (Å²) in [6.07, 6.45) is 30.4. The quantitative estimate of drug-likeness (QED) is 0.136. The third-order valence-corrected chi connectivity index (χ3v) is 10.8. The molecule has 3 rings (SSSR count). The maximum atomic E-state index is 9.66. The van der Waals surface area contributed by atoms with Crippen molar-refractivity contribution < 1.29 is 0 Å². The Bertz CT molecular complexity index is 891. The number of thiophene rings is 2. The molecular formula is C34H53NS2. The molecule has 206 valence electrons. The first-order valence-corrected chi connectivity index (χ1v) is 17.6. The molecule has 0 saturated carbocycles. The zero-order valence-corrected chi connectivity index (χ0v) is 25.7. The van der Waals surface area contributed by atoms with Gasteiger partial charge in [0.2, 0.25) is 0 Å². The largest absolute Gasteiger partial charge is 0.192 e. The molecule has 2 heterocycles. The number of nitriles is 1. The van der Waals surface area contributed by atoms with Gasteiger partial charge in [0.25, 0.3) is 0 Å². The normalized spacial score (nSPS) is 13.5. The molecule has 0 atom stereocenters. The highest BCUT2D eigenvalue weighted by Crippen LogP contribution is 2.58. The van der Waals surface area contributed by atoms with E-state index in [0.29, 0.717) is 0 Å². The SMILES string of the molecule is CCCCCCCCCCCCC1(CCCCCCCCCCCC)c2ccsc2-c2sc(C#N)cc21. The number of hydrogen-bond donors (Lipinski definition) is 0. The fraction of sp³-hybridized carbons (Fsp3) is 0.735. The molecule has 2 aromatic rings. The minimum Gasteiger partial charge on any atom is -0.192 e. The van der Waals surface area contributed by atoms with Crippen LogP contribution in [-0.2, 0) is 5.41 Å². The summed E-state index contributed by atoms with van der Waals surface area (Å²) < 4.78 is 0. The lowest BCUT2D eigenvalue weighted by Gasteiger charge is -2.31. The molecule has 0 spiro atoms. The van der Waals surface area contributed by atoms with Gasteiger partial charge in [0.05, 0.1) is 4.88 Å². The molecular weight excluding hydrogens is 487 g/mol. The van der Waals surface area contributed by atoms with Crippen molar-refractivity contribution in [2.75, 3.05) is 0 Å². The molecule has 0 N–H and O–H groups in total. The van der Waals surface area contributed by atoms with E-state index in [4.69, 9.17) is 0 Å². The van der Waals surface area contributed by atoms with E-state index < -0.39 is 0 Å². The average Bonchev–Trinajstić information content (AvgIpc) is 3.61. The maximum Gasteiger partial charge on any atom is 0.110 e. The molecule has 0 amide bonds. The first kappa shape index (κ1) is 30.4. The van der Waals surface area contributed by atoms with E-state index in [1.807, 2.05) is 11.3 Å². The summed E-state index contributed by atoms with van der Waals surface area (Å²) in [5.74, 6) is 0. The van der Waals surface area contributed by atoms with Crippen LogP contribution in [0.25, 0.3) is 9.75 Å². The standard InChI is InChI=1S/C34H53NS2/c1-3-5-7-9-11-13-15-17-19-21-24-34(25-22-20-18-16-14-12-10-8-6-4-2)30-23-26-36-32(30)33-31(34)27-29(28-35)37-33/h23,26-27H,3-22,24-25H2,1-2H3. The van der Waals surface area contributed by atoms with Crippen LogP contribution < -0.4 is 0 Å². The van der Waals surface area contributed by atoms with Crippen molar-refractivity contribution in [2.24, 2.45) is 0 Å². The molecule has 2 aromatic heterocycles. The Kier molecular flexibility index (Phi) is 14.4. The van der Waals surface area contributed by atoms with E-state index >= 15 is 0 Å². The predicted octanol–water partition coefficient (Wildman–Crippen LogP) is 12.6. The first-order valence-electron chi connectivity index (χ1n) is 15.9. The van der Waals surface area contributed by atoms with Crippen molar-refractivity contribution in [3.05, 3.63) is 33.5 Å². The molecule has 0 fully saturated rings. The Balaban J connectivity index is 1.50. The van der Waals surface area contributed by atoms with Crippen LogP contribution in [0.1, 0.15) is 171 Å². The van der Waals surface area contributed by atoms with Crippen LogP contribution in [0.2, 0.25) is 0 Å². The maximum absolute atomic E-state index is 9.66. The molecule has 0 saturated heterocycles. The number of rotatable bonds is 22. The smallest absolute Gasteiger partial charge is 0.110 e. The summed E-state index contributed by atoms with van der Waals surface area (Å²) in [5, 5.41) is 12.0. The number of nitrogens with zero attached hydrogens (tertiary/aromatic N) is 1. The summed E-state index contributed by atoms with van der Waals surface area (Å²) in [7, 11) is 0. The summed E-state index contributed by atoms with van der Waals surface area (Å²) in [5.41, 5.74) is 3.26. The van der Waals surface area contributed by atoms with Crippen molar-refractivity contribution in [3.63, 3.8) is 0 Å². The van der Waals surface area contributed by atoms with Crippen molar-refractivity contribution >= 4 is 22.7 Å². The Morgan fingerprint density at radius 2 is 1.08 bits per heavy atom. The Morgan fingerprint density at radius 1 is 0.622 bits per heavy atom. The van der Waals surface area contributed by atoms with Crippen LogP contribution in [0.5, 0.6) is 0 Å². The number of unbranched alkanes of at least 4 members (excludes halogenated alkanes) is 18. The van der Waals surface area contributed by atoms with Gasteiger partial charge in [0, 0.05) is 10.3 Å². The van der Waals surface area contributed by atoms with Crippen LogP contribution in [0.15, 0.2) is 17.5 Å². The van der Waals surface area contributed by atoms with Gasteiger partial charge < -0.3 is 0 Å². The molecule has 0 aromatic carbocycles. The molecule has 1 nitrogen and oxygen atoms in total. The van der Waals surface area contributed by atoms with Crippen LogP contribution in [0.4, 0.5) is 0 Å². The Morgan fingerprint density at radius 3 is 1.54 bits per heavy atom. The number of fused-ring (bicyclic) bond motifs is 3. The van der Waals surface area contributed by atoms with Gasteiger partial charge >= 0.3 is 0 Å².